The molecule has 1 saturated heterocycles. The predicted octanol–water partition coefficient (Wildman–Crippen LogP) is 2.28. The summed E-state index contributed by atoms with van der Waals surface area (Å²) in [5.41, 5.74) is 0.647. The van der Waals surface area contributed by atoms with Crippen molar-refractivity contribution in [3.05, 3.63) is 47.8 Å². The number of carbonyl (C=O) groups excluding carboxylic acids is 2. The number of hydrogen-bond donors (Lipinski definition) is 0. The predicted molar refractivity (Wildman–Crippen MR) is 67.3 cm³/mol. The van der Waals surface area contributed by atoms with Crippen molar-refractivity contribution in [1.29, 1.82) is 0 Å². The lowest BCUT2D eigenvalue weighted by Gasteiger charge is -2.14. The van der Waals surface area contributed by atoms with Crippen molar-refractivity contribution in [3.8, 4) is 0 Å². The minimum Gasteiger partial charge on any atom is -0.278 e. The van der Waals surface area contributed by atoms with Crippen LogP contribution in [0.25, 0.3) is 0 Å². The van der Waals surface area contributed by atoms with Gasteiger partial charge in [0, 0.05) is 0 Å². The van der Waals surface area contributed by atoms with E-state index in [-0.39, 0.29) is 36.0 Å². The third kappa shape index (κ3) is 2.07. The summed E-state index contributed by atoms with van der Waals surface area (Å²) in [7, 11) is 0. The number of imide groups is 1. The zero-order valence-electron chi connectivity index (χ0n) is 10.4. The van der Waals surface area contributed by atoms with Crippen LogP contribution in [0.2, 0.25) is 0 Å². The highest BCUT2D eigenvalue weighted by Crippen LogP contribution is 2.35. The van der Waals surface area contributed by atoms with Crippen molar-refractivity contribution in [2.24, 2.45) is 11.8 Å². The number of hydrogen-bond acceptors (Lipinski definition) is 2. The maximum absolute atomic E-state index is 13.1. The van der Waals surface area contributed by atoms with Gasteiger partial charge in [0.2, 0.25) is 11.8 Å². The Hall–Kier alpha value is -1.97. The first-order valence-corrected chi connectivity index (χ1v) is 6.41. The fourth-order valence-electron chi connectivity index (χ4n) is 2.84. The highest BCUT2D eigenvalue weighted by Gasteiger charge is 2.46. The van der Waals surface area contributed by atoms with Crippen LogP contribution in [-0.2, 0) is 16.1 Å². The lowest BCUT2D eigenvalue weighted by atomic mass is 9.85. The zero-order chi connectivity index (χ0) is 13.4. The highest BCUT2D eigenvalue weighted by atomic mass is 19.1. The van der Waals surface area contributed by atoms with Gasteiger partial charge >= 0.3 is 0 Å². The Labute approximate surface area is 110 Å². The molecule has 0 spiro atoms. The Balaban J connectivity index is 1.82. The van der Waals surface area contributed by atoms with Gasteiger partial charge in [-0.1, -0.05) is 24.3 Å². The number of amides is 2. The van der Waals surface area contributed by atoms with E-state index in [9.17, 15) is 14.0 Å². The van der Waals surface area contributed by atoms with E-state index < -0.39 is 0 Å². The van der Waals surface area contributed by atoms with Gasteiger partial charge in [0.05, 0.1) is 18.4 Å². The quantitative estimate of drug-likeness (QED) is 0.603. The van der Waals surface area contributed by atoms with E-state index in [0.29, 0.717) is 18.4 Å². The molecular formula is C15H14FNO2. The molecule has 98 valence electrons. The van der Waals surface area contributed by atoms with E-state index in [4.69, 9.17) is 0 Å². The topological polar surface area (TPSA) is 37.4 Å². The molecule has 2 atom stereocenters. The second-order valence-corrected chi connectivity index (χ2v) is 5.05. The number of fused-ring (bicyclic) bond motifs is 1. The molecule has 0 aromatic heterocycles. The minimum atomic E-state index is -0.351. The average molecular weight is 259 g/mol. The van der Waals surface area contributed by atoms with Crippen LogP contribution >= 0.6 is 0 Å². The molecule has 1 aromatic carbocycles. The molecule has 19 heavy (non-hydrogen) atoms. The molecule has 0 bridgehead atoms. The van der Waals surface area contributed by atoms with Crippen molar-refractivity contribution in [2.75, 3.05) is 0 Å². The van der Waals surface area contributed by atoms with Crippen LogP contribution in [0.1, 0.15) is 18.4 Å². The molecule has 0 radical (unpaired) electrons. The molecule has 1 heterocycles. The Morgan fingerprint density at radius 3 is 2.32 bits per heavy atom. The summed E-state index contributed by atoms with van der Waals surface area (Å²) >= 11 is 0. The lowest BCUT2D eigenvalue weighted by Crippen LogP contribution is -2.30. The van der Waals surface area contributed by atoms with Crippen LogP contribution in [0.4, 0.5) is 4.39 Å². The van der Waals surface area contributed by atoms with Crippen LogP contribution < -0.4 is 0 Å². The average Bonchev–Trinajstić information content (AvgIpc) is 2.65. The van der Waals surface area contributed by atoms with Crippen molar-refractivity contribution in [2.45, 2.75) is 19.4 Å². The molecule has 1 aliphatic heterocycles. The van der Waals surface area contributed by atoms with E-state index >= 15 is 0 Å². The molecule has 4 heteroatoms. The summed E-state index contributed by atoms with van der Waals surface area (Å²) in [6.45, 7) is 0.169. The molecule has 3 rings (SSSR count). The maximum atomic E-state index is 13.1. The lowest BCUT2D eigenvalue weighted by molar-refractivity contribution is -0.140. The molecule has 0 N–H and O–H groups in total. The van der Waals surface area contributed by atoms with Gasteiger partial charge in [-0.15, -0.1) is 0 Å². The van der Waals surface area contributed by atoms with E-state index in [0.717, 1.165) is 0 Å². The van der Waals surface area contributed by atoms with E-state index in [1.807, 2.05) is 12.2 Å². The van der Waals surface area contributed by atoms with Crippen molar-refractivity contribution in [1.82, 2.24) is 4.90 Å². The largest absolute Gasteiger partial charge is 0.278 e. The number of rotatable bonds is 2. The van der Waals surface area contributed by atoms with E-state index in [1.165, 1.54) is 17.0 Å². The second-order valence-electron chi connectivity index (χ2n) is 5.05. The smallest absolute Gasteiger partial charge is 0.233 e. The normalized spacial score (nSPS) is 25.8. The molecule has 2 aliphatic rings. The van der Waals surface area contributed by atoms with E-state index in [2.05, 4.69) is 0 Å². The summed E-state index contributed by atoms with van der Waals surface area (Å²) < 4.78 is 13.1. The van der Waals surface area contributed by atoms with Gasteiger partial charge in [-0.25, -0.2) is 4.39 Å². The Kier molecular flexibility index (Phi) is 2.93. The summed E-state index contributed by atoms with van der Waals surface area (Å²) in [5, 5.41) is 0. The summed E-state index contributed by atoms with van der Waals surface area (Å²) in [6, 6.07) is 6.02. The molecule has 1 aliphatic carbocycles. The molecule has 1 fully saturated rings. The standard InChI is InChI=1S/C15H14FNO2/c16-11-5-3-4-10(8-11)9-17-14(18)12-6-1-2-7-13(12)15(17)19/h1-5,8,12-13H,6-7,9H2/t12-,13-/m0/s1. The molecule has 0 unspecified atom stereocenters. The van der Waals surface area contributed by atoms with Crippen molar-refractivity contribution >= 4 is 11.8 Å². The summed E-state index contributed by atoms with van der Waals surface area (Å²) in [6.07, 6.45) is 5.18. The van der Waals surface area contributed by atoms with Crippen LogP contribution in [0.15, 0.2) is 36.4 Å². The van der Waals surface area contributed by atoms with Gasteiger partial charge in [0.15, 0.2) is 0 Å². The van der Waals surface area contributed by atoms with Gasteiger partial charge in [-0.2, -0.15) is 0 Å². The van der Waals surface area contributed by atoms with Gasteiger partial charge < -0.3 is 0 Å². The third-order valence-electron chi connectivity index (χ3n) is 3.83. The Morgan fingerprint density at radius 1 is 1.11 bits per heavy atom. The zero-order valence-corrected chi connectivity index (χ0v) is 10.4. The fraction of sp³-hybridized carbons (Fsp3) is 0.333. The second kappa shape index (κ2) is 4.61. The Bertz CT molecular complexity index is 541. The van der Waals surface area contributed by atoms with Gasteiger partial charge in [0.1, 0.15) is 5.82 Å². The Morgan fingerprint density at radius 2 is 1.74 bits per heavy atom. The third-order valence-corrected chi connectivity index (χ3v) is 3.83. The summed E-state index contributed by atoms with van der Waals surface area (Å²) in [5.74, 6) is -1.03. The number of carbonyl (C=O) groups is 2. The SMILES string of the molecule is O=C1[C@H]2CC=CC[C@@H]2C(=O)N1Cc1cccc(F)c1. The van der Waals surface area contributed by atoms with Gasteiger partial charge in [-0.3, -0.25) is 14.5 Å². The van der Waals surface area contributed by atoms with Crippen molar-refractivity contribution in [3.63, 3.8) is 0 Å². The highest BCUT2D eigenvalue weighted by molar-refractivity contribution is 6.05. The minimum absolute atomic E-state index is 0.122. The van der Waals surface area contributed by atoms with E-state index in [1.54, 1.807) is 12.1 Å². The molecule has 1 aromatic rings. The monoisotopic (exact) mass is 259 g/mol. The number of nitrogens with zero attached hydrogens (tertiary/aromatic N) is 1. The first-order valence-electron chi connectivity index (χ1n) is 6.41. The van der Waals surface area contributed by atoms with Crippen LogP contribution in [0.3, 0.4) is 0 Å². The van der Waals surface area contributed by atoms with Gasteiger partial charge in [-0.05, 0) is 30.5 Å². The molecule has 2 amide bonds. The fourth-order valence-corrected chi connectivity index (χ4v) is 2.84. The molecular weight excluding hydrogens is 245 g/mol. The number of benzene rings is 1. The summed E-state index contributed by atoms with van der Waals surface area (Å²) in [4.78, 5) is 25.7. The maximum Gasteiger partial charge on any atom is 0.233 e. The van der Waals surface area contributed by atoms with Crippen LogP contribution in [-0.4, -0.2) is 16.7 Å². The first kappa shape index (κ1) is 12.1. The van der Waals surface area contributed by atoms with Crippen LogP contribution in [0.5, 0.6) is 0 Å². The van der Waals surface area contributed by atoms with Gasteiger partial charge in [0.25, 0.3) is 0 Å². The number of likely N-dealkylation sites (tertiary alicyclic amines) is 1. The van der Waals surface area contributed by atoms with Crippen molar-refractivity contribution < 1.29 is 14.0 Å². The first-order chi connectivity index (χ1) is 9.16. The molecule has 0 saturated carbocycles. The molecule has 3 nitrogen and oxygen atoms in total. The number of halogens is 1. The number of allylic oxidation sites excluding steroid dienone is 2. The van der Waals surface area contributed by atoms with Crippen LogP contribution in [0, 0.1) is 17.7 Å².